The van der Waals surface area contributed by atoms with Crippen molar-refractivity contribution in [2.45, 2.75) is 0 Å². The van der Waals surface area contributed by atoms with Gasteiger partial charge in [-0.1, -0.05) is 11.6 Å². The SMILES string of the molecule is Cn1nccc1-c1cnc(N)c(Cl)c1. The molecule has 2 rings (SSSR count). The van der Waals surface area contributed by atoms with E-state index in [1.807, 2.05) is 13.1 Å². The molecule has 2 aromatic rings. The van der Waals surface area contributed by atoms with Gasteiger partial charge in [0, 0.05) is 25.0 Å². The van der Waals surface area contributed by atoms with Gasteiger partial charge in [-0.15, -0.1) is 0 Å². The highest BCUT2D eigenvalue weighted by molar-refractivity contribution is 6.33. The van der Waals surface area contributed by atoms with Gasteiger partial charge in [0.05, 0.1) is 10.7 Å². The van der Waals surface area contributed by atoms with Crippen molar-refractivity contribution in [1.82, 2.24) is 14.8 Å². The van der Waals surface area contributed by atoms with Crippen LogP contribution in [-0.4, -0.2) is 14.8 Å². The van der Waals surface area contributed by atoms with Crippen molar-refractivity contribution in [2.24, 2.45) is 7.05 Å². The topological polar surface area (TPSA) is 56.7 Å². The van der Waals surface area contributed by atoms with E-state index in [0.29, 0.717) is 10.8 Å². The molecule has 72 valence electrons. The van der Waals surface area contributed by atoms with E-state index in [4.69, 9.17) is 17.3 Å². The van der Waals surface area contributed by atoms with E-state index >= 15 is 0 Å². The molecule has 2 heterocycles. The van der Waals surface area contributed by atoms with Crippen LogP contribution in [0.3, 0.4) is 0 Å². The molecule has 2 N–H and O–H groups in total. The number of pyridine rings is 1. The summed E-state index contributed by atoms with van der Waals surface area (Å²) >= 11 is 5.87. The molecule has 0 bridgehead atoms. The lowest BCUT2D eigenvalue weighted by molar-refractivity contribution is 0.775. The summed E-state index contributed by atoms with van der Waals surface area (Å²) in [5, 5.41) is 4.52. The lowest BCUT2D eigenvalue weighted by atomic mass is 10.2. The average Bonchev–Trinajstić information content (AvgIpc) is 2.57. The summed E-state index contributed by atoms with van der Waals surface area (Å²) in [4.78, 5) is 3.98. The predicted octanol–water partition coefficient (Wildman–Crippen LogP) is 1.72. The molecule has 0 spiro atoms. The lowest BCUT2D eigenvalue weighted by Gasteiger charge is -2.03. The number of halogens is 1. The average molecular weight is 209 g/mol. The molecule has 5 heteroatoms. The second-order valence-electron chi connectivity index (χ2n) is 2.93. The second kappa shape index (κ2) is 3.31. The molecule has 0 aliphatic carbocycles. The molecule has 14 heavy (non-hydrogen) atoms. The van der Waals surface area contributed by atoms with E-state index in [-0.39, 0.29) is 0 Å². The van der Waals surface area contributed by atoms with Gasteiger partial charge in [-0.05, 0) is 12.1 Å². The number of aryl methyl sites for hydroxylation is 1. The van der Waals surface area contributed by atoms with Crippen LogP contribution in [0.4, 0.5) is 5.82 Å². The third-order valence-electron chi connectivity index (χ3n) is 1.99. The molecule has 0 aliphatic rings. The van der Waals surface area contributed by atoms with Gasteiger partial charge >= 0.3 is 0 Å². The first-order valence-corrected chi connectivity index (χ1v) is 4.45. The Balaban J connectivity index is 2.53. The Morgan fingerprint density at radius 3 is 2.86 bits per heavy atom. The Morgan fingerprint density at radius 1 is 1.50 bits per heavy atom. The van der Waals surface area contributed by atoms with Crippen molar-refractivity contribution in [2.75, 3.05) is 5.73 Å². The molecule has 0 amide bonds. The molecule has 0 aromatic carbocycles. The number of aromatic nitrogens is 3. The number of anilines is 1. The van der Waals surface area contributed by atoms with Crippen molar-refractivity contribution in [1.29, 1.82) is 0 Å². The molecule has 0 unspecified atom stereocenters. The molecular formula is C9H9ClN4. The van der Waals surface area contributed by atoms with Crippen LogP contribution in [0, 0.1) is 0 Å². The lowest BCUT2D eigenvalue weighted by Crippen LogP contribution is -1.96. The zero-order chi connectivity index (χ0) is 10.1. The molecule has 0 fully saturated rings. The normalized spacial score (nSPS) is 10.4. The van der Waals surface area contributed by atoms with Gasteiger partial charge in [0.2, 0.25) is 0 Å². The van der Waals surface area contributed by atoms with Gasteiger partial charge in [0.15, 0.2) is 0 Å². The van der Waals surface area contributed by atoms with Gasteiger partial charge in [0.1, 0.15) is 5.82 Å². The predicted molar refractivity (Wildman–Crippen MR) is 55.9 cm³/mol. The maximum atomic E-state index is 5.87. The first-order valence-electron chi connectivity index (χ1n) is 4.08. The summed E-state index contributed by atoms with van der Waals surface area (Å²) in [6, 6.07) is 3.67. The minimum absolute atomic E-state index is 0.345. The Morgan fingerprint density at radius 2 is 2.29 bits per heavy atom. The molecule has 0 aliphatic heterocycles. The smallest absolute Gasteiger partial charge is 0.142 e. The molecule has 0 saturated carbocycles. The fraction of sp³-hybridized carbons (Fsp3) is 0.111. The molecule has 0 atom stereocenters. The first kappa shape index (κ1) is 9.02. The number of rotatable bonds is 1. The van der Waals surface area contributed by atoms with Crippen LogP contribution < -0.4 is 5.73 Å². The van der Waals surface area contributed by atoms with Gasteiger partial charge in [0.25, 0.3) is 0 Å². The zero-order valence-corrected chi connectivity index (χ0v) is 8.36. The van der Waals surface area contributed by atoms with Crippen molar-refractivity contribution in [3.8, 4) is 11.3 Å². The van der Waals surface area contributed by atoms with Crippen LogP contribution in [0.15, 0.2) is 24.5 Å². The van der Waals surface area contributed by atoms with E-state index in [9.17, 15) is 0 Å². The highest BCUT2D eigenvalue weighted by Gasteiger charge is 2.05. The van der Waals surface area contributed by atoms with Crippen LogP contribution in [0.25, 0.3) is 11.3 Å². The van der Waals surface area contributed by atoms with Crippen LogP contribution in [0.2, 0.25) is 5.02 Å². The minimum Gasteiger partial charge on any atom is -0.382 e. The number of nitrogens with two attached hydrogens (primary N) is 1. The number of hydrogen-bond acceptors (Lipinski definition) is 3. The third kappa shape index (κ3) is 1.44. The highest BCUT2D eigenvalue weighted by Crippen LogP contribution is 2.23. The summed E-state index contributed by atoms with van der Waals surface area (Å²) in [6.45, 7) is 0. The number of nitrogen functional groups attached to an aromatic ring is 1. The fourth-order valence-electron chi connectivity index (χ4n) is 1.25. The van der Waals surface area contributed by atoms with Crippen molar-refractivity contribution in [3.63, 3.8) is 0 Å². The molecule has 0 saturated heterocycles. The largest absolute Gasteiger partial charge is 0.382 e. The summed E-state index contributed by atoms with van der Waals surface area (Å²) in [5.41, 5.74) is 7.38. The maximum absolute atomic E-state index is 5.87. The molecule has 0 radical (unpaired) electrons. The third-order valence-corrected chi connectivity index (χ3v) is 2.29. The van der Waals surface area contributed by atoms with E-state index in [1.54, 1.807) is 23.1 Å². The quantitative estimate of drug-likeness (QED) is 0.777. The summed E-state index contributed by atoms with van der Waals surface area (Å²) in [7, 11) is 1.86. The van der Waals surface area contributed by atoms with Crippen molar-refractivity contribution < 1.29 is 0 Å². The highest BCUT2D eigenvalue weighted by atomic mass is 35.5. The second-order valence-corrected chi connectivity index (χ2v) is 3.34. The Kier molecular flexibility index (Phi) is 2.13. The zero-order valence-electron chi connectivity index (χ0n) is 7.61. The van der Waals surface area contributed by atoms with Gasteiger partial charge < -0.3 is 5.73 Å². The van der Waals surface area contributed by atoms with E-state index in [1.165, 1.54) is 0 Å². The van der Waals surface area contributed by atoms with Gasteiger partial charge in [-0.2, -0.15) is 5.10 Å². The van der Waals surface area contributed by atoms with Gasteiger partial charge in [-0.25, -0.2) is 4.98 Å². The summed E-state index contributed by atoms with van der Waals surface area (Å²) in [5.74, 6) is 0.345. The van der Waals surface area contributed by atoms with Crippen LogP contribution in [-0.2, 0) is 7.05 Å². The fourth-order valence-corrected chi connectivity index (χ4v) is 1.41. The van der Waals surface area contributed by atoms with E-state index in [0.717, 1.165) is 11.3 Å². The molecule has 4 nitrogen and oxygen atoms in total. The molecular weight excluding hydrogens is 200 g/mol. The monoisotopic (exact) mass is 208 g/mol. The standard InChI is InChI=1S/C9H9ClN4/c1-14-8(2-3-13-14)6-4-7(10)9(11)12-5-6/h2-5H,1H3,(H2,11,12). The van der Waals surface area contributed by atoms with Crippen LogP contribution in [0.1, 0.15) is 0 Å². The summed E-state index contributed by atoms with van der Waals surface area (Å²) in [6.07, 6.45) is 3.40. The number of hydrogen-bond donors (Lipinski definition) is 1. The minimum atomic E-state index is 0.345. The van der Waals surface area contributed by atoms with E-state index < -0.39 is 0 Å². The Labute approximate surface area is 86.3 Å². The number of nitrogens with zero attached hydrogens (tertiary/aromatic N) is 3. The first-order chi connectivity index (χ1) is 6.68. The van der Waals surface area contributed by atoms with Gasteiger partial charge in [-0.3, -0.25) is 4.68 Å². The van der Waals surface area contributed by atoms with E-state index in [2.05, 4.69) is 10.1 Å². The van der Waals surface area contributed by atoms with Crippen LogP contribution >= 0.6 is 11.6 Å². The Hall–Kier alpha value is -1.55. The molecule has 2 aromatic heterocycles. The summed E-state index contributed by atoms with van der Waals surface area (Å²) < 4.78 is 1.75. The maximum Gasteiger partial charge on any atom is 0.142 e. The van der Waals surface area contributed by atoms with Crippen LogP contribution in [0.5, 0.6) is 0 Å². The van der Waals surface area contributed by atoms with Crippen molar-refractivity contribution >= 4 is 17.4 Å². The van der Waals surface area contributed by atoms with Crippen molar-refractivity contribution in [3.05, 3.63) is 29.5 Å². The Bertz CT molecular complexity index is 464.